The Hall–Kier alpha value is -1.74. The van der Waals surface area contributed by atoms with Crippen molar-refractivity contribution in [1.29, 1.82) is 5.26 Å². The lowest BCUT2D eigenvalue weighted by Crippen LogP contribution is -2.21. The molecule has 0 saturated carbocycles. The van der Waals surface area contributed by atoms with Crippen LogP contribution in [0.15, 0.2) is 18.2 Å². The third-order valence-corrected chi connectivity index (χ3v) is 3.48. The number of methoxy groups -OCH3 is 1. The number of anilines is 1. The maximum atomic E-state index is 12.9. The molecule has 6 heteroatoms. The van der Waals surface area contributed by atoms with Crippen molar-refractivity contribution in [1.82, 2.24) is 0 Å². The van der Waals surface area contributed by atoms with Crippen LogP contribution in [0.4, 0.5) is 18.9 Å². The van der Waals surface area contributed by atoms with Crippen LogP contribution in [0.3, 0.4) is 0 Å². The number of alkyl halides is 3. The molecule has 3 nitrogen and oxygen atoms in total. The van der Waals surface area contributed by atoms with Crippen molar-refractivity contribution >= 4 is 5.69 Å². The second-order valence-corrected chi connectivity index (χ2v) is 4.90. The number of hydrogen-bond acceptors (Lipinski definition) is 3. The summed E-state index contributed by atoms with van der Waals surface area (Å²) in [5, 5.41) is 8.77. The highest BCUT2D eigenvalue weighted by Crippen LogP contribution is 2.35. The van der Waals surface area contributed by atoms with Crippen LogP contribution in [0.1, 0.15) is 17.5 Å². The molecule has 0 amide bonds. The van der Waals surface area contributed by atoms with E-state index in [-0.39, 0.29) is 5.56 Å². The van der Waals surface area contributed by atoms with Crippen LogP contribution >= 0.6 is 0 Å². The zero-order chi connectivity index (χ0) is 14.8. The molecular weight excluding hydrogens is 269 g/mol. The van der Waals surface area contributed by atoms with Crippen LogP contribution in [-0.4, -0.2) is 26.8 Å². The molecule has 1 aliphatic heterocycles. The molecule has 1 aliphatic rings. The van der Waals surface area contributed by atoms with Crippen molar-refractivity contribution in [2.24, 2.45) is 5.92 Å². The van der Waals surface area contributed by atoms with E-state index in [0.717, 1.165) is 12.5 Å². The highest BCUT2D eigenvalue weighted by atomic mass is 19.4. The minimum Gasteiger partial charge on any atom is -0.384 e. The second kappa shape index (κ2) is 5.71. The number of hydrogen-bond donors (Lipinski definition) is 0. The molecule has 1 aromatic rings. The normalized spacial score (nSPS) is 19.1. The SMILES string of the molecule is COCC1CCN(c2ccc(C#N)c(C(F)(F)F)c2)C1. The van der Waals surface area contributed by atoms with Crippen molar-refractivity contribution in [2.75, 3.05) is 31.7 Å². The van der Waals surface area contributed by atoms with Gasteiger partial charge >= 0.3 is 6.18 Å². The summed E-state index contributed by atoms with van der Waals surface area (Å²) in [5.41, 5.74) is -0.698. The molecule has 0 N–H and O–H groups in total. The summed E-state index contributed by atoms with van der Waals surface area (Å²) in [7, 11) is 1.62. The Balaban J connectivity index is 2.25. The Bertz CT molecular complexity index is 522. The number of benzene rings is 1. The van der Waals surface area contributed by atoms with Gasteiger partial charge in [-0.05, 0) is 24.6 Å². The quantitative estimate of drug-likeness (QED) is 0.856. The first kappa shape index (κ1) is 14.7. The molecule has 1 unspecified atom stereocenters. The molecule has 1 saturated heterocycles. The molecule has 1 fully saturated rings. The lowest BCUT2D eigenvalue weighted by Gasteiger charge is -2.20. The molecule has 0 radical (unpaired) electrons. The van der Waals surface area contributed by atoms with Gasteiger partial charge in [0.05, 0.1) is 23.8 Å². The molecule has 20 heavy (non-hydrogen) atoms. The Morgan fingerprint density at radius 3 is 2.80 bits per heavy atom. The van der Waals surface area contributed by atoms with Crippen molar-refractivity contribution in [2.45, 2.75) is 12.6 Å². The number of nitriles is 1. The monoisotopic (exact) mass is 284 g/mol. The highest BCUT2D eigenvalue weighted by Gasteiger charge is 2.34. The largest absolute Gasteiger partial charge is 0.417 e. The average Bonchev–Trinajstić information content (AvgIpc) is 2.86. The minimum atomic E-state index is -4.51. The number of rotatable bonds is 3. The fourth-order valence-corrected chi connectivity index (χ4v) is 2.50. The van der Waals surface area contributed by atoms with Crippen LogP contribution < -0.4 is 4.90 Å². The Morgan fingerprint density at radius 2 is 2.20 bits per heavy atom. The molecule has 0 aromatic heterocycles. The Morgan fingerprint density at radius 1 is 1.45 bits per heavy atom. The number of halogens is 3. The summed E-state index contributed by atoms with van der Waals surface area (Å²) in [6.45, 7) is 1.99. The Labute approximate surface area is 115 Å². The summed E-state index contributed by atoms with van der Waals surface area (Å²) < 4.78 is 43.8. The standard InChI is InChI=1S/C14H15F3N2O/c1-20-9-10-4-5-19(8-10)12-3-2-11(7-18)13(6-12)14(15,16)17/h2-3,6,10H,4-5,8-9H2,1H3. The van der Waals surface area contributed by atoms with Gasteiger partial charge in [0, 0.05) is 31.8 Å². The van der Waals surface area contributed by atoms with Crippen molar-refractivity contribution < 1.29 is 17.9 Å². The summed E-state index contributed by atoms with van der Waals surface area (Å²) >= 11 is 0. The van der Waals surface area contributed by atoms with Gasteiger partial charge < -0.3 is 9.64 Å². The van der Waals surface area contributed by atoms with E-state index in [1.165, 1.54) is 6.07 Å². The maximum absolute atomic E-state index is 12.9. The molecule has 0 bridgehead atoms. The van der Waals surface area contributed by atoms with Gasteiger partial charge in [0.2, 0.25) is 0 Å². The van der Waals surface area contributed by atoms with E-state index in [1.54, 1.807) is 19.2 Å². The second-order valence-electron chi connectivity index (χ2n) is 4.90. The molecule has 108 valence electrons. The molecule has 1 aromatic carbocycles. The van der Waals surface area contributed by atoms with Crippen molar-refractivity contribution in [3.63, 3.8) is 0 Å². The third kappa shape index (κ3) is 3.05. The maximum Gasteiger partial charge on any atom is 0.417 e. The molecule has 0 spiro atoms. The predicted octanol–water partition coefficient (Wildman–Crippen LogP) is 3.05. The van der Waals surface area contributed by atoms with Gasteiger partial charge in [-0.2, -0.15) is 18.4 Å². The first-order valence-corrected chi connectivity index (χ1v) is 6.31. The fourth-order valence-electron chi connectivity index (χ4n) is 2.50. The van der Waals surface area contributed by atoms with E-state index in [2.05, 4.69) is 0 Å². The van der Waals surface area contributed by atoms with E-state index in [1.807, 2.05) is 4.90 Å². The summed E-state index contributed by atoms with van der Waals surface area (Å²) in [4.78, 5) is 1.90. The van der Waals surface area contributed by atoms with Gasteiger partial charge in [0.1, 0.15) is 0 Å². The zero-order valence-electron chi connectivity index (χ0n) is 11.1. The molecule has 1 heterocycles. The van der Waals surface area contributed by atoms with Crippen LogP contribution in [0.5, 0.6) is 0 Å². The van der Waals surface area contributed by atoms with Gasteiger partial charge in [-0.3, -0.25) is 0 Å². The first-order valence-electron chi connectivity index (χ1n) is 6.31. The van der Waals surface area contributed by atoms with Crippen LogP contribution in [0, 0.1) is 17.2 Å². The molecular formula is C14H15F3N2O. The van der Waals surface area contributed by atoms with E-state index in [0.29, 0.717) is 31.3 Å². The van der Waals surface area contributed by atoms with Gasteiger partial charge in [0.15, 0.2) is 0 Å². The van der Waals surface area contributed by atoms with E-state index in [4.69, 9.17) is 10.00 Å². The van der Waals surface area contributed by atoms with Crippen molar-refractivity contribution in [3.8, 4) is 6.07 Å². The summed E-state index contributed by atoms with van der Waals surface area (Å²) in [6, 6.07) is 5.46. The molecule has 1 atom stereocenters. The summed E-state index contributed by atoms with van der Waals surface area (Å²) in [6.07, 6.45) is -3.61. The van der Waals surface area contributed by atoms with E-state index >= 15 is 0 Å². The fraction of sp³-hybridized carbons (Fsp3) is 0.500. The van der Waals surface area contributed by atoms with Crippen LogP contribution in [-0.2, 0) is 10.9 Å². The minimum absolute atomic E-state index is 0.338. The third-order valence-electron chi connectivity index (χ3n) is 3.48. The van der Waals surface area contributed by atoms with E-state index < -0.39 is 11.7 Å². The van der Waals surface area contributed by atoms with Gasteiger partial charge in [-0.1, -0.05) is 0 Å². The van der Waals surface area contributed by atoms with Crippen LogP contribution in [0.2, 0.25) is 0 Å². The smallest absolute Gasteiger partial charge is 0.384 e. The molecule has 0 aliphatic carbocycles. The lowest BCUT2D eigenvalue weighted by molar-refractivity contribution is -0.137. The van der Waals surface area contributed by atoms with Gasteiger partial charge in [0.25, 0.3) is 0 Å². The Kier molecular flexibility index (Phi) is 4.19. The topological polar surface area (TPSA) is 36.3 Å². The highest BCUT2D eigenvalue weighted by molar-refractivity contribution is 5.55. The zero-order valence-corrected chi connectivity index (χ0v) is 11.1. The molecule has 2 rings (SSSR count). The van der Waals surface area contributed by atoms with Crippen molar-refractivity contribution in [3.05, 3.63) is 29.3 Å². The lowest BCUT2D eigenvalue weighted by atomic mass is 10.1. The predicted molar refractivity (Wildman–Crippen MR) is 68.4 cm³/mol. The first-order chi connectivity index (χ1) is 9.45. The van der Waals surface area contributed by atoms with Gasteiger partial charge in [-0.15, -0.1) is 0 Å². The summed E-state index contributed by atoms with van der Waals surface area (Å²) in [5.74, 6) is 0.338. The number of nitrogens with zero attached hydrogens (tertiary/aromatic N) is 2. The van der Waals surface area contributed by atoms with Crippen LogP contribution in [0.25, 0.3) is 0 Å². The van der Waals surface area contributed by atoms with E-state index in [9.17, 15) is 13.2 Å². The van der Waals surface area contributed by atoms with Gasteiger partial charge in [-0.25, -0.2) is 0 Å². The number of ether oxygens (including phenoxy) is 1. The average molecular weight is 284 g/mol.